The number of hydrogen-bond acceptors (Lipinski definition) is 2. The Hall–Kier alpha value is -0.550. The first-order valence-electron chi connectivity index (χ1n) is 7.68. The standard InChI is InChI=1S/C16H30N2/c1-13(2)11-18(12-14(3)4)16-9-7-5-6-8-15(16)10-17/h13-16H,5-9,11-12H2,1-4H3. The van der Waals surface area contributed by atoms with E-state index in [0.717, 1.165) is 19.5 Å². The van der Waals surface area contributed by atoms with E-state index in [-0.39, 0.29) is 5.92 Å². The van der Waals surface area contributed by atoms with Crippen LogP contribution in [0.4, 0.5) is 0 Å². The van der Waals surface area contributed by atoms with Crippen LogP contribution in [0.3, 0.4) is 0 Å². The molecule has 1 aliphatic rings. The molecule has 0 saturated heterocycles. The van der Waals surface area contributed by atoms with Crippen molar-refractivity contribution in [2.45, 2.75) is 65.8 Å². The third kappa shape index (κ3) is 4.98. The lowest BCUT2D eigenvalue weighted by atomic mass is 9.93. The molecule has 2 nitrogen and oxygen atoms in total. The zero-order valence-electron chi connectivity index (χ0n) is 12.7. The van der Waals surface area contributed by atoms with E-state index in [2.05, 4.69) is 38.7 Å². The van der Waals surface area contributed by atoms with Gasteiger partial charge in [-0.15, -0.1) is 0 Å². The lowest BCUT2D eigenvalue weighted by Gasteiger charge is -2.36. The number of hydrogen-bond donors (Lipinski definition) is 0. The van der Waals surface area contributed by atoms with E-state index in [1.807, 2.05) is 0 Å². The molecule has 0 heterocycles. The summed E-state index contributed by atoms with van der Waals surface area (Å²) in [6.45, 7) is 11.4. The summed E-state index contributed by atoms with van der Waals surface area (Å²) < 4.78 is 0. The first-order valence-corrected chi connectivity index (χ1v) is 7.68. The molecule has 2 atom stereocenters. The van der Waals surface area contributed by atoms with Gasteiger partial charge in [0.25, 0.3) is 0 Å². The normalized spacial score (nSPS) is 25.4. The predicted octanol–water partition coefficient (Wildman–Crippen LogP) is 4.07. The monoisotopic (exact) mass is 250 g/mol. The molecule has 0 aromatic heterocycles. The highest BCUT2D eigenvalue weighted by Crippen LogP contribution is 2.28. The number of nitrogens with zero attached hydrogens (tertiary/aromatic N) is 2. The molecule has 1 aliphatic carbocycles. The molecule has 104 valence electrons. The third-order valence-corrected chi connectivity index (χ3v) is 3.81. The Morgan fingerprint density at radius 1 is 1.00 bits per heavy atom. The summed E-state index contributed by atoms with van der Waals surface area (Å²) in [5.74, 6) is 1.63. The van der Waals surface area contributed by atoms with Crippen LogP contribution in [0.25, 0.3) is 0 Å². The average Bonchev–Trinajstić information content (AvgIpc) is 2.51. The summed E-state index contributed by atoms with van der Waals surface area (Å²) in [6, 6.07) is 3.08. The predicted molar refractivity (Wildman–Crippen MR) is 77.2 cm³/mol. The Morgan fingerprint density at radius 3 is 2.06 bits per heavy atom. The largest absolute Gasteiger partial charge is 0.299 e. The van der Waals surface area contributed by atoms with Crippen molar-refractivity contribution in [1.82, 2.24) is 4.90 Å². The minimum absolute atomic E-state index is 0.255. The Morgan fingerprint density at radius 2 is 1.56 bits per heavy atom. The van der Waals surface area contributed by atoms with E-state index in [9.17, 15) is 5.26 Å². The quantitative estimate of drug-likeness (QED) is 0.688. The highest BCUT2D eigenvalue weighted by Gasteiger charge is 2.29. The molecule has 0 aromatic carbocycles. The molecule has 0 radical (unpaired) electrons. The second kappa shape index (κ2) is 7.79. The van der Waals surface area contributed by atoms with Crippen LogP contribution in [0.2, 0.25) is 0 Å². The molecule has 0 bridgehead atoms. The van der Waals surface area contributed by atoms with Crippen LogP contribution in [0.5, 0.6) is 0 Å². The van der Waals surface area contributed by atoms with Crippen LogP contribution >= 0.6 is 0 Å². The molecule has 0 amide bonds. The van der Waals surface area contributed by atoms with Crippen LogP contribution in [-0.2, 0) is 0 Å². The van der Waals surface area contributed by atoms with E-state index in [1.165, 1.54) is 25.7 Å². The molecule has 18 heavy (non-hydrogen) atoms. The second-order valence-electron chi connectivity index (χ2n) is 6.68. The van der Waals surface area contributed by atoms with Gasteiger partial charge in [0, 0.05) is 19.1 Å². The van der Waals surface area contributed by atoms with Gasteiger partial charge in [-0.2, -0.15) is 5.26 Å². The van der Waals surface area contributed by atoms with Gasteiger partial charge in [-0.25, -0.2) is 0 Å². The van der Waals surface area contributed by atoms with Crippen LogP contribution in [0.1, 0.15) is 59.8 Å². The van der Waals surface area contributed by atoms with Crippen molar-refractivity contribution < 1.29 is 0 Å². The van der Waals surface area contributed by atoms with Crippen molar-refractivity contribution in [3.05, 3.63) is 0 Å². The zero-order chi connectivity index (χ0) is 13.5. The molecule has 0 aromatic rings. The number of rotatable bonds is 5. The van der Waals surface area contributed by atoms with Gasteiger partial charge in [0.05, 0.1) is 12.0 Å². The Bertz CT molecular complexity index is 255. The summed E-state index contributed by atoms with van der Waals surface area (Å²) in [6.07, 6.45) is 6.18. The van der Waals surface area contributed by atoms with E-state index in [0.29, 0.717) is 17.9 Å². The maximum absolute atomic E-state index is 9.43. The fraction of sp³-hybridized carbons (Fsp3) is 0.938. The lowest BCUT2D eigenvalue weighted by molar-refractivity contribution is 0.122. The summed E-state index contributed by atoms with van der Waals surface area (Å²) in [5.41, 5.74) is 0. The van der Waals surface area contributed by atoms with Crippen LogP contribution in [-0.4, -0.2) is 24.0 Å². The molecule has 1 rings (SSSR count). The summed E-state index contributed by atoms with van der Waals surface area (Å²) in [7, 11) is 0. The molecule has 0 spiro atoms. The van der Waals surface area contributed by atoms with Crippen LogP contribution < -0.4 is 0 Å². The molecule has 2 heteroatoms. The maximum atomic E-state index is 9.43. The maximum Gasteiger partial charge on any atom is 0.0672 e. The number of nitriles is 1. The van der Waals surface area contributed by atoms with Crippen LogP contribution in [0.15, 0.2) is 0 Å². The SMILES string of the molecule is CC(C)CN(CC(C)C)C1CCCCCC1C#N. The van der Waals surface area contributed by atoms with Gasteiger partial charge in [-0.1, -0.05) is 47.0 Å². The summed E-state index contributed by atoms with van der Waals surface area (Å²) >= 11 is 0. The topological polar surface area (TPSA) is 27.0 Å². The molecular formula is C16H30N2. The molecule has 2 unspecified atom stereocenters. The Balaban J connectivity index is 2.75. The minimum Gasteiger partial charge on any atom is -0.299 e. The Labute approximate surface area is 113 Å². The summed E-state index contributed by atoms with van der Waals surface area (Å²) in [4.78, 5) is 2.61. The Kier molecular flexibility index (Phi) is 6.71. The van der Waals surface area contributed by atoms with Crippen LogP contribution in [0, 0.1) is 29.1 Å². The average molecular weight is 250 g/mol. The van der Waals surface area contributed by atoms with Crippen molar-refractivity contribution in [1.29, 1.82) is 5.26 Å². The van der Waals surface area contributed by atoms with Gasteiger partial charge >= 0.3 is 0 Å². The van der Waals surface area contributed by atoms with Crippen molar-refractivity contribution in [3.8, 4) is 6.07 Å². The van der Waals surface area contributed by atoms with Crippen molar-refractivity contribution in [2.75, 3.05) is 13.1 Å². The lowest BCUT2D eigenvalue weighted by Crippen LogP contribution is -2.43. The smallest absolute Gasteiger partial charge is 0.0672 e. The van der Waals surface area contributed by atoms with E-state index >= 15 is 0 Å². The first kappa shape index (κ1) is 15.5. The fourth-order valence-corrected chi connectivity index (χ4v) is 3.16. The van der Waals surface area contributed by atoms with E-state index in [4.69, 9.17) is 0 Å². The molecule has 1 fully saturated rings. The second-order valence-corrected chi connectivity index (χ2v) is 6.68. The van der Waals surface area contributed by atoms with Crippen molar-refractivity contribution in [2.24, 2.45) is 17.8 Å². The minimum atomic E-state index is 0.255. The van der Waals surface area contributed by atoms with Crippen molar-refractivity contribution in [3.63, 3.8) is 0 Å². The van der Waals surface area contributed by atoms with Gasteiger partial charge in [-0.3, -0.25) is 4.90 Å². The fourth-order valence-electron chi connectivity index (χ4n) is 3.16. The molecule has 0 aliphatic heterocycles. The van der Waals surface area contributed by atoms with Gasteiger partial charge < -0.3 is 0 Å². The van der Waals surface area contributed by atoms with Gasteiger partial charge in [0.2, 0.25) is 0 Å². The van der Waals surface area contributed by atoms with Gasteiger partial charge in [0.15, 0.2) is 0 Å². The molecule has 0 N–H and O–H groups in total. The highest BCUT2D eigenvalue weighted by molar-refractivity contribution is 4.95. The van der Waals surface area contributed by atoms with E-state index < -0.39 is 0 Å². The summed E-state index contributed by atoms with van der Waals surface area (Å²) in [5, 5.41) is 9.43. The third-order valence-electron chi connectivity index (χ3n) is 3.81. The first-order chi connectivity index (χ1) is 8.54. The van der Waals surface area contributed by atoms with Gasteiger partial charge in [-0.05, 0) is 24.7 Å². The zero-order valence-corrected chi connectivity index (χ0v) is 12.7. The highest BCUT2D eigenvalue weighted by atomic mass is 15.2. The molecular weight excluding hydrogens is 220 g/mol. The van der Waals surface area contributed by atoms with Gasteiger partial charge in [0.1, 0.15) is 0 Å². The van der Waals surface area contributed by atoms with E-state index in [1.54, 1.807) is 0 Å². The molecule has 1 saturated carbocycles. The van der Waals surface area contributed by atoms with Crippen molar-refractivity contribution >= 4 is 0 Å².